The fourth-order valence-electron chi connectivity index (χ4n) is 2.48. The van der Waals surface area contributed by atoms with Gasteiger partial charge in [-0.3, -0.25) is 9.80 Å². The van der Waals surface area contributed by atoms with Gasteiger partial charge in [0.2, 0.25) is 5.89 Å². The molecule has 0 saturated carbocycles. The number of piperazine rings is 1. The molecule has 0 aromatic carbocycles. The smallest absolute Gasteiger partial charge is 0.223 e. The van der Waals surface area contributed by atoms with Gasteiger partial charge in [-0.05, 0) is 13.8 Å². The van der Waals surface area contributed by atoms with Gasteiger partial charge in [-0.1, -0.05) is 5.16 Å². The largest absolute Gasteiger partial charge is 0.380 e. The molecule has 0 aliphatic carbocycles. The highest BCUT2D eigenvalue weighted by atomic mass is 16.5. The van der Waals surface area contributed by atoms with Crippen LogP contribution in [0.15, 0.2) is 4.52 Å². The fraction of sp³-hybridized carbons (Fsp3) is 0.846. The number of nitrogens with zero attached hydrogens (tertiary/aromatic N) is 4. The van der Waals surface area contributed by atoms with Gasteiger partial charge in [0.25, 0.3) is 0 Å². The zero-order chi connectivity index (χ0) is 13.7. The van der Waals surface area contributed by atoms with E-state index in [1.165, 1.54) is 0 Å². The molecule has 0 N–H and O–H groups in total. The van der Waals surface area contributed by atoms with Crippen molar-refractivity contribution < 1.29 is 9.26 Å². The van der Waals surface area contributed by atoms with Crippen molar-refractivity contribution in [2.45, 2.75) is 33.4 Å². The Hall–Kier alpha value is -0.980. The van der Waals surface area contributed by atoms with Gasteiger partial charge in [-0.2, -0.15) is 4.98 Å². The number of aromatic nitrogens is 2. The van der Waals surface area contributed by atoms with Gasteiger partial charge in [0.15, 0.2) is 5.82 Å². The van der Waals surface area contributed by atoms with Crippen molar-refractivity contribution >= 4 is 0 Å². The lowest BCUT2D eigenvalue weighted by Gasteiger charge is -2.39. The maximum atomic E-state index is 5.42. The molecule has 1 saturated heterocycles. The summed E-state index contributed by atoms with van der Waals surface area (Å²) in [4.78, 5) is 9.12. The second kappa shape index (κ2) is 6.98. The van der Waals surface area contributed by atoms with Crippen LogP contribution in [0, 0.1) is 6.92 Å². The minimum atomic E-state index is 0.544. The minimum Gasteiger partial charge on any atom is -0.380 e. The van der Waals surface area contributed by atoms with Crippen molar-refractivity contribution in [3.05, 3.63) is 11.7 Å². The zero-order valence-electron chi connectivity index (χ0n) is 12.1. The molecule has 108 valence electrons. The molecule has 2 rings (SSSR count). The molecule has 2 heterocycles. The summed E-state index contributed by atoms with van der Waals surface area (Å²) in [5.74, 6) is 1.42. The van der Waals surface area contributed by atoms with Gasteiger partial charge in [-0.25, -0.2) is 0 Å². The first-order valence-electron chi connectivity index (χ1n) is 7.02. The Bertz CT molecular complexity index is 382. The molecule has 6 heteroatoms. The Balaban J connectivity index is 1.76. The van der Waals surface area contributed by atoms with E-state index < -0.39 is 0 Å². The molecule has 0 bridgehead atoms. The molecular weight excluding hydrogens is 244 g/mol. The molecule has 1 aromatic rings. The second-order valence-electron chi connectivity index (χ2n) is 5.05. The number of aryl methyl sites for hydroxylation is 1. The second-order valence-corrected chi connectivity index (χ2v) is 5.05. The highest BCUT2D eigenvalue weighted by molar-refractivity contribution is 4.87. The minimum absolute atomic E-state index is 0.544. The summed E-state index contributed by atoms with van der Waals surface area (Å²) in [6, 6.07) is 0.544. The molecule has 1 aliphatic heterocycles. The Morgan fingerprint density at radius 2 is 2.26 bits per heavy atom. The van der Waals surface area contributed by atoms with Gasteiger partial charge in [0.05, 0.1) is 13.2 Å². The maximum Gasteiger partial charge on any atom is 0.223 e. The van der Waals surface area contributed by atoms with Gasteiger partial charge in [0, 0.05) is 45.8 Å². The predicted molar refractivity (Wildman–Crippen MR) is 71.8 cm³/mol. The van der Waals surface area contributed by atoms with Crippen LogP contribution >= 0.6 is 0 Å². The van der Waals surface area contributed by atoms with Gasteiger partial charge in [-0.15, -0.1) is 0 Å². The van der Waals surface area contributed by atoms with Crippen LogP contribution in [0.25, 0.3) is 0 Å². The van der Waals surface area contributed by atoms with Crippen molar-refractivity contribution in [1.29, 1.82) is 0 Å². The lowest BCUT2D eigenvalue weighted by Crippen LogP contribution is -2.52. The summed E-state index contributed by atoms with van der Waals surface area (Å²) in [5.41, 5.74) is 0. The first-order valence-corrected chi connectivity index (χ1v) is 7.02. The first-order chi connectivity index (χ1) is 9.19. The van der Waals surface area contributed by atoms with Crippen molar-refractivity contribution in [2.24, 2.45) is 0 Å². The molecule has 19 heavy (non-hydrogen) atoms. The Labute approximate surface area is 114 Å². The molecule has 0 amide bonds. The van der Waals surface area contributed by atoms with Gasteiger partial charge in [0.1, 0.15) is 0 Å². The Morgan fingerprint density at radius 3 is 2.89 bits per heavy atom. The number of rotatable bonds is 6. The first kappa shape index (κ1) is 14.4. The fourth-order valence-corrected chi connectivity index (χ4v) is 2.48. The standard InChI is InChI=1S/C13H24N4O2/c1-4-18-8-7-17-6-5-16(9-11(17)2)10-13-14-12(3)19-15-13/h11H,4-10H2,1-3H3/t11-/m1/s1. The summed E-state index contributed by atoms with van der Waals surface area (Å²) in [7, 11) is 0. The summed E-state index contributed by atoms with van der Waals surface area (Å²) in [6.45, 7) is 12.7. The van der Waals surface area contributed by atoms with Crippen LogP contribution in [0.4, 0.5) is 0 Å². The molecule has 1 atom stereocenters. The van der Waals surface area contributed by atoms with Crippen LogP contribution in [0.5, 0.6) is 0 Å². The van der Waals surface area contributed by atoms with Gasteiger partial charge >= 0.3 is 0 Å². The highest BCUT2D eigenvalue weighted by Crippen LogP contribution is 2.11. The molecular formula is C13H24N4O2. The number of ether oxygens (including phenoxy) is 1. The molecule has 6 nitrogen and oxygen atoms in total. The third-order valence-corrected chi connectivity index (χ3v) is 3.51. The van der Waals surface area contributed by atoms with Crippen molar-refractivity contribution in [2.75, 3.05) is 39.4 Å². The van der Waals surface area contributed by atoms with Crippen LogP contribution in [-0.4, -0.2) is 65.4 Å². The third-order valence-electron chi connectivity index (χ3n) is 3.51. The average Bonchev–Trinajstić information content (AvgIpc) is 2.78. The van der Waals surface area contributed by atoms with Crippen LogP contribution in [0.1, 0.15) is 25.6 Å². The predicted octanol–water partition coefficient (Wildman–Crippen LogP) is 0.921. The molecule has 1 fully saturated rings. The number of hydrogen-bond acceptors (Lipinski definition) is 6. The Morgan fingerprint density at radius 1 is 1.42 bits per heavy atom. The van der Waals surface area contributed by atoms with E-state index in [4.69, 9.17) is 9.26 Å². The average molecular weight is 268 g/mol. The van der Waals surface area contributed by atoms with E-state index in [1.54, 1.807) is 0 Å². The van der Waals surface area contributed by atoms with E-state index in [9.17, 15) is 0 Å². The van der Waals surface area contributed by atoms with Crippen LogP contribution in [-0.2, 0) is 11.3 Å². The Kier molecular flexibility index (Phi) is 5.30. The van der Waals surface area contributed by atoms with E-state index >= 15 is 0 Å². The quantitative estimate of drug-likeness (QED) is 0.715. The van der Waals surface area contributed by atoms with E-state index in [0.29, 0.717) is 11.9 Å². The lowest BCUT2D eigenvalue weighted by atomic mass is 10.2. The summed E-state index contributed by atoms with van der Waals surface area (Å²) >= 11 is 0. The van der Waals surface area contributed by atoms with Crippen molar-refractivity contribution in [3.8, 4) is 0 Å². The lowest BCUT2D eigenvalue weighted by molar-refractivity contribution is 0.0455. The van der Waals surface area contributed by atoms with Gasteiger partial charge < -0.3 is 9.26 Å². The molecule has 1 aliphatic rings. The highest BCUT2D eigenvalue weighted by Gasteiger charge is 2.24. The van der Waals surface area contributed by atoms with E-state index in [0.717, 1.165) is 51.8 Å². The number of hydrogen-bond donors (Lipinski definition) is 0. The monoisotopic (exact) mass is 268 g/mol. The summed E-state index contributed by atoms with van der Waals surface area (Å²) < 4.78 is 10.4. The normalized spacial score (nSPS) is 21.9. The van der Waals surface area contributed by atoms with Crippen LogP contribution < -0.4 is 0 Å². The third kappa shape index (κ3) is 4.26. The van der Waals surface area contributed by atoms with E-state index in [2.05, 4.69) is 26.9 Å². The summed E-state index contributed by atoms with van der Waals surface area (Å²) in [5, 5.41) is 3.95. The topological polar surface area (TPSA) is 54.6 Å². The summed E-state index contributed by atoms with van der Waals surface area (Å²) in [6.07, 6.45) is 0. The molecule has 0 radical (unpaired) electrons. The van der Waals surface area contributed by atoms with Crippen molar-refractivity contribution in [3.63, 3.8) is 0 Å². The zero-order valence-corrected chi connectivity index (χ0v) is 12.1. The maximum absolute atomic E-state index is 5.42. The van der Waals surface area contributed by atoms with Crippen LogP contribution in [0.3, 0.4) is 0 Å². The van der Waals surface area contributed by atoms with Crippen molar-refractivity contribution in [1.82, 2.24) is 19.9 Å². The SMILES string of the molecule is CCOCCN1CCN(Cc2noc(C)n2)C[C@H]1C. The molecule has 1 aromatic heterocycles. The van der Waals surface area contributed by atoms with Crippen LogP contribution in [0.2, 0.25) is 0 Å². The van der Waals surface area contributed by atoms with E-state index in [-0.39, 0.29) is 0 Å². The molecule has 0 unspecified atom stereocenters. The molecule has 0 spiro atoms. The van der Waals surface area contributed by atoms with E-state index in [1.807, 2.05) is 13.8 Å².